The van der Waals surface area contributed by atoms with Crippen LogP contribution in [-0.4, -0.2) is 27.5 Å². The highest BCUT2D eigenvalue weighted by Crippen LogP contribution is 2.37. The van der Waals surface area contributed by atoms with Crippen molar-refractivity contribution in [1.29, 1.82) is 0 Å². The van der Waals surface area contributed by atoms with Gasteiger partial charge in [-0.25, -0.2) is 13.8 Å². The minimum atomic E-state index is -4.93. The third-order valence-electron chi connectivity index (χ3n) is 5.42. The van der Waals surface area contributed by atoms with E-state index in [0.29, 0.717) is 4.57 Å². The Hall–Kier alpha value is -2.11. The maximum Gasteiger partial charge on any atom is 0.496 e. The number of halogens is 5. The van der Waals surface area contributed by atoms with Crippen LogP contribution in [0.1, 0.15) is 33.4 Å². The van der Waals surface area contributed by atoms with Gasteiger partial charge in [-0.05, 0) is 39.8 Å². The summed E-state index contributed by atoms with van der Waals surface area (Å²) in [5.41, 5.74) is -6.10. The number of rotatable bonds is 2. The molecule has 162 valence electrons. The van der Waals surface area contributed by atoms with Crippen molar-refractivity contribution in [1.82, 2.24) is 9.13 Å². The molecule has 1 aliphatic heterocycles. The summed E-state index contributed by atoms with van der Waals surface area (Å²) in [6.07, 6.45) is -4.93. The predicted octanol–water partition coefficient (Wildman–Crippen LogP) is 2.65. The maximum atomic E-state index is 14.6. The molecule has 0 atom stereocenters. The molecule has 3 rings (SSSR count). The molecule has 0 saturated carbocycles. The first-order valence-corrected chi connectivity index (χ1v) is 9.20. The zero-order chi connectivity index (χ0) is 22.8. The Kier molecular flexibility index (Phi) is 5.24. The van der Waals surface area contributed by atoms with Crippen LogP contribution in [0.15, 0.2) is 27.8 Å². The minimum Gasteiger partial charge on any atom is -0.399 e. The quantitative estimate of drug-likeness (QED) is 0.524. The van der Waals surface area contributed by atoms with Crippen LogP contribution >= 0.6 is 11.6 Å². The second-order valence-corrected chi connectivity index (χ2v) is 8.36. The number of hydrogen-bond acceptors (Lipinski definition) is 4. The highest BCUT2D eigenvalue weighted by Gasteiger charge is 2.52. The van der Waals surface area contributed by atoms with Crippen LogP contribution in [0.25, 0.3) is 5.69 Å². The van der Waals surface area contributed by atoms with Gasteiger partial charge in [-0.2, -0.15) is 13.2 Å². The van der Waals surface area contributed by atoms with E-state index >= 15 is 0 Å². The number of alkyl halides is 3. The minimum absolute atomic E-state index is 0.0912. The molecule has 0 spiro atoms. The number of hydrogen-bond donors (Lipinski definition) is 0. The van der Waals surface area contributed by atoms with Crippen LogP contribution in [0.3, 0.4) is 0 Å². The Balaban J connectivity index is 2.21. The summed E-state index contributed by atoms with van der Waals surface area (Å²) in [5, 5.41) is -0.0912. The van der Waals surface area contributed by atoms with Gasteiger partial charge >= 0.3 is 19.0 Å². The van der Waals surface area contributed by atoms with E-state index in [1.165, 1.54) is 0 Å². The van der Waals surface area contributed by atoms with Crippen LogP contribution in [0, 0.1) is 5.82 Å². The lowest BCUT2D eigenvalue weighted by Crippen LogP contribution is -2.42. The van der Waals surface area contributed by atoms with Gasteiger partial charge in [0, 0.05) is 23.6 Å². The molecule has 0 aliphatic carbocycles. The molecule has 1 saturated heterocycles. The van der Waals surface area contributed by atoms with E-state index in [1.54, 1.807) is 27.7 Å². The number of aromatic nitrogens is 2. The van der Waals surface area contributed by atoms with Gasteiger partial charge in [-0.15, -0.1) is 0 Å². The van der Waals surface area contributed by atoms with Gasteiger partial charge in [0.2, 0.25) is 0 Å². The second-order valence-electron chi connectivity index (χ2n) is 7.96. The van der Waals surface area contributed by atoms with Crippen molar-refractivity contribution in [3.8, 4) is 5.69 Å². The van der Waals surface area contributed by atoms with Crippen molar-refractivity contribution < 1.29 is 26.9 Å². The van der Waals surface area contributed by atoms with Crippen molar-refractivity contribution in [2.75, 3.05) is 0 Å². The van der Waals surface area contributed by atoms with Crippen LogP contribution < -0.4 is 16.7 Å². The first kappa shape index (κ1) is 22.6. The standard InChI is InChI=1S/C18H18BClF4N2O4/c1-16(2)17(3,4)30-19(29-16)9-6-12(11(21)7-10(9)20)26-14(27)8-13(18(22,23)24)25(5)15(26)28/h6-8H,1-5H3. The van der Waals surface area contributed by atoms with Gasteiger partial charge in [-0.1, -0.05) is 11.6 Å². The average molecular weight is 449 g/mol. The smallest absolute Gasteiger partial charge is 0.399 e. The largest absolute Gasteiger partial charge is 0.496 e. The van der Waals surface area contributed by atoms with E-state index in [0.717, 1.165) is 19.2 Å². The summed E-state index contributed by atoms with van der Waals surface area (Å²) >= 11 is 6.13. The molecule has 30 heavy (non-hydrogen) atoms. The molecule has 0 unspecified atom stereocenters. The van der Waals surface area contributed by atoms with E-state index in [9.17, 15) is 27.2 Å². The summed E-state index contributed by atoms with van der Waals surface area (Å²) in [6, 6.07) is 2.14. The highest BCUT2D eigenvalue weighted by atomic mass is 35.5. The first-order valence-electron chi connectivity index (χ1n) is 8.82. The van der Waals surface area contributed by atoms with Crippen molar-refractivity contribution in [2.24, 2.45) is 7.05 Å². The third-order valence-corrected chi connectivity index (χ3v) is 5.75. The fourth-order valence-corrected chi connectivity index (χ4v) is 3.23. The van der Waals surface area contributed by atoms with Crippen LogP contribution in [0.4, 0.5) is 17.6 Å². The van der Waals surface area contributed by atoms with Crippen LogP contribution in [0.5, 0.6) is 0 Å². The Morgan fingerprint density at radius 3 is 2.07 bits per heavy atom. The summed E-state index contributed by atoms with van der Waals surface area (Å²) < 4.78 is 66.1. The van der Waals surface area contributed by atoms with Gasteiger partial charge in [0.25, 0.3) is 5.56 Å². The Morgan fingerprint density at radius 2 is 1.57 bits per heavy atom. The fraction of sp³-hybridized carbons (Fsp3) is 0.444. The zero-order valence-electron chi connectivity index (χ0n) is 16.7. The lowest BCUT2D eigenvalue weighted by molar-refractivity contribution is -0.144. The summed E-state index contributed by atoms with van der Waals surface area (Å²) in [5.74, 6) is -1.07. The fourth-order valence-electron chi connectivity index (χ4n) is 3.00. The normalized spacial score (nSPS) is 18.1. The molecule has 2 heterocycles. The highest BCUT2D eigenvalue weighted by molar-refractivity contribution is 6.65. The van der Waals surface area contributed by atoms with Gasteiger partial charge in [-0.3, -0.25) is 9.36 Å². The topological polar surface area (TPSA) is 62.5 Å². The molecule has 1 aliphatic rings. The molecule has 0 amide bonds. The molecule has 2 aromatic rings. The molecule has 12 heteroatoms. The second kappa shape index (κ2) is 6.96. The molecule has 1 aromatic heterocycles. The third kappa shape index (κ3) is 3.59. The van der Waals surface area contributed by atoms with Crippen molar-refractivity contribution in [2.45, 2.75) is 45.1 Å². The lowest BCUT2D eigenvalue weighted by Gasteiger charge is -2.32. The zero-order valence-corrected chi connectivity index (χ0v) is 17.5. The van der Waals surface area contributed by atoms with E-state index < -0.39 is 52.9 Å². The van der Waals surface area contributed by atoms with Crippen molar-refractivity contribution in [3.63, 3.8) is 0 Å². The van der Waals surface area contributed by atoms with Crippen LogP contribution in [0.2, 0.25) is 5.02 Å². The summed E-state index contributed by atoms with van der Waals surface area (Å²) in [7, 11) is -0.208. The van der Waals surface area contributed by atoms with Gasteiger partial charge in [0.1, 0.15) is 11.5 Å². The molecule has 0 N–H and O–H groups in total. The predicted molar refractivity (Wildman–Crippen MR) is 103 cm³/mol. The van der Waals surface area contributed by atoms with Crippen LogP contribution in [-0.2, 0) is 22.5 Å². The molecule has 1 fully saturated rings. The molecular weight excluding hydrogens is 430 g/mol. The maximum absolute atomic E-state index is 14.6. The van der Waals surface area contributed by atoms with Gasteiger partial charge in [0.15, 0.2) is 0 Å². The first-order chi connectivity index (χ1) is 13.6. The summed E-state index contributed by atoms with van der Waals surface area (Å²) in [4.78, 5) is 24.8. The summed E-state index contributed by atoms with van der Waals surface area (Å²) in [6.45, 7) is 7.12. The van der Waals surface area contributed by atoms with E-state index in [2.05, 4.69) is 0 Å². The Bertz CT molecular complexity index is 1120. The number of benzene rings is 1. The molecule has 6 nitrogen and oxygen atoms in total. The molecule has 1 aromatic carbocycles. The lowest BCUT2D eigenvalue weighted by atomic mass is 9.78. The van der Waals surface area contributed by atoms with E-state index in [1.807, 2.05) is 0 Å². The van der Waals surface area contributed by atoms with Gasteiger partial charge < -0.3 is 9.31 Å². The van der Waals surface area contributed by atoms with Gasteiger partial charge in [0.05, 0.1) is 16.9 Å². The van der Waals surface area contributed by atoms with E-state index in [4.69, 9.17) is 20.9 Å². The molecule has 0 bridgehead atoms. The molecular formula is C18H18BClF4N2O4. The monoisotopic (exact) mass is 448 g/mol. The Morgan fingerprint density at radius 1 is 1.03 bits per heavy atom. The van der Waals surface area contributed by atoms with Crippen molar-refractivity contribution >= 4 is 24.2 Å². The van der Waals surface area contributed by atoms with E-state index in [-0.39, 0.29) is 21.1 Å². The molecule has 0 radical (unpaired) electrons. The average Bonchev–Trinajstić information content (AvgIpc) is 2.79. The Labute approximate surface area is 174 Å². The SMILES string of the molecule is Cn1c(C(F)(F)F)cc(=O)n(-c2cc(B3OC(C)(C)C(C)(C)O3)c(Cl)cc2F)c1=O. The van der Waals surface area contributed by atoms with Crippen molar-refractivity contribution in [3.05, 3.63) is 55.6 Å². The number of nitrogens with zero attached hydrogens (tertiary/aromatic N) is 2.